The van der Waals surface area contributed by atoms with Gasteiger partial charge in [0.05, 0.1) is 25.7 Å². The van der Waals surface area contributed by atoms with E-state index in [9.17, 15) is 4.79 Å². The molecule has 4 aromatic rings. The van der Waals surface area contributed by atoms with Gasteiger partial charge in [0.15, 0.2) is 11.5 Å². The third kappa shape index (κ3) is 6.03. The maximum atomic E-state index is 11.0. The fourth-order valence-corrected chi connectivity index (χ4v) is 5.24. The smallest absolute Gasteiger partial charge is 0.303 e. The zero-order valence-corrected chi connectivity index (χ0v) is 21.7. The number of nitrogens with one attached hydrogen (secondary N) is 1. The summed E-state index contributed by atoms with van der Waals surface area (Å²) in [7, 11) is 1.63. The lowest BCUT2D eigenvalue weighted by Gasteiger charge is -2.18. The fourth-order valence-electron chi connectivity index (χ4n) is 4.15. The highest BCUT2D eigenvalue weighted by molar-refractivity contribution is 7.19. The highest BCUT2D eigenvalue weighted by Gasteiger charge is 2.14. The van der Waals surface area contributed by atoms with Crippen molar-refractivity contribution >= 4 is 49.8 Å². The Morgan fingerprint density at radius 2 is 1.94 bits per heavy atom. The van der Waals surface area contributed by atoms with Gasteiger partial charge in [-0.25, -0.2) is 9.97 Å². The lowest BCUT2D eigenvalue weighted by atomic mass is 10.1. The summed E-state index contributed by atoms with van der Waals surface area (Å²) in [6.07, 6.45) is 3.08. The Labute approximate surface area is 214 Å². The van der Waals surface area contributed by atoms with Crippen LogP contribution in [0.3, 0.4) is 0 Å². The summed E-state index contributed by atoms with van der Waals surface area (Å²) in [4.78, 5) is 23.4. The van der Waals surface area contributed by atoms with E-state index in [1.165, 1.54) is 6.33 Å². The molecule has 0 unspecified atom stereocenters. The number of aliphatic carboxylic acids is 1. The number of nitrogens with zero attached hydrogens (tertiary/aromatic N) is 3. The van der Waals surface area contributed by atoms with Gasteiger partial charge in [-0.3, -0.25) is 4.79 Å². The van der Waals surface area contributed by atoms with Crippen molar-refractivity contribution in [1.29, 1.82) is 0 Å². The number of aromatic nitrogens is 2. The SMILES string of the molecule is CCN(CC)CCCOc1cc2c(Nc3cccc4sc(CCC(=O)O)cc34)ncnc2cc1OC. The number of carboxylic acids is 1. The van der Waals surface area contributed by atoms with E-state index < -0.39 is 5.97 Å². The van der Waals surface area contributed by atoms with E-state index in [2.05, 4.69) is 40.1 Å². The van der Waals surface area contributed by atoms with Crippen molar-refractivity contribution in [2.24, 2.45) is 0 Å². The van der Waals surface area contributed by atoms with Crippen LogP contribution >= 0.6 is 11.3 Å². The molecule has 2 heterocycles. The minimum atomic E-state index is -0.792. The number of rotatable bonds is 13. The first-order chi connectivity index (χ1) is 17.5. The van der Waals surface area contributed by atoms with Crippen molar-refractivity contribution in [2.45, 2.75) is 33.1 Å². The molecule has 0 saturated heterocycles. The standard InChI is InChI=1S/C27H32N4O4S/c1-4-31(5-2)12-7-13-35-24-15-20-22(16-23(24)34-3)28-17-29-27(20)30-21-8-6-9-25-19(21)14-18(36-25)10-11-26(32)33/h6,8-9,14-17H,4-5,7,10-13H2,1-3H3,(H,32,33)(H,28,29,30). The zero-order chi connectivity index (χ0) is 25.5. The first kappa shape index (κ1) is 25.7. The zero-order valence-electron chi connectivity index (χ0n) is 20.9. The van der Waals surface area contributed by atoms with Gasteiger partial charge in [0.2, 0.25) is 0 Å². The minimum Gasteiger partial charge on any atom is -0.493 e. The largest absolute Gasteiger partial charge is 0.493 e. The van der Waals surface area contributed by atoms with E-state index in [4.69, 9.17) is 14.6 Å². The predicted molar refractivity (Wildman–Crippen MR) is 145 cm³/mol. The van der Waals surface area contributed by atoms with Gasteiger partial charge in [-0.1, -0.05) is 19.9 Å². The molecule has 0 amide bonds. The molecule has 0 atom stereocenters. The second-order valence-corrected chi connectivity index (χ2v) is 9.59. The lowest BCUT2D eigenvalue weighted by Crippen LogP contribution is -2.25. The van der Waals surface area contributed by atoms with Gasteiger partial charge in [-0.2, -0.15) is 0 Å². The first-order valence-electron chi connectivity index (χ1n) is 12.2. The number of carbonyl (C=O) groups is 1. The minimum absolute atomic E-state index is 0.117. The number of thiophene rings is 1. The Kier molecular flexibility index (Phi) is 8.56. The average molecular weight is 509 g/mol. The molecule has 36 heavy (non-hydrogen) atoms. The second-order valence-electron chi connectivity index (χ2n) is 8.42. The van der Waals surface area contributed by atoms with Gasteiger partial charge < -0.3 is 24.8 Å². The summed E-state index contributed by atoms with van der Waals surface area (Å²) in [6, 6.07) is 11.9. The quantitative estimate of drug-likeness (QED) is 0.221. The number of anilines is 2. The first-order valence-corrected chi connectivity index (χ1v) is 13.0. The number of methoxy groups -OCH3 is 1. The van der Waals surface area contributed by atoms with Crippen LogP contribution in [-0.2, 0) is 11.2 Å². The van der Waals surface area contributed by atoms with Crippen molar-refractivity contribution in [3.05, 3.63) is 47.6 Å². The Bertz CT molecular complexity index is 1340. The third-order valence-corrected chi connectivity index (χ3v) is 7.30. The molecule has 0 bridgehead atoms. The van der Waals surface area contributed by atoms with Gasteiger partial charge >= 0.3 is 5.97 Å². The summed E-state index contributed by atoms with van der Waals surface area (Å²) >= 11 is 1.62. The van der Waals surface area contributed by atoms with Gasteiger partial charge in [0.25, 0.3) is 0 Å². The Balaban J connectivity index is 1.60. The topological polar surface area (TPSA) is 96.8 Å². The van der Waals surface area contributed by atoms with Gasteiger partial charge in [-0.05, 0) is 50.2 Å². The van der Waals surface area contributed by atoms with Crippen LogP contribution < -0.4 is 14.8 Å². The van der Waals surface area contributed by atoms with E-state index in [0.29, 0.717) is 30.3 Å². The molecule has 0 fully saturated rings. The molecular weight excluding hydrogens is 476 g/mol. The molecule has 0 spiro atoms. The molecular formula is C27H32N4O4S. The number of carboxylic acid groups (broad SMARTS) is 1. The van der Waals surface area contributed by atoms with Crippen LogP contribution in [0, 0.1) is 0 Å². The third-order valence-electron chi connectivity index (χ3n) is 6.14. The maximum Gasteiger partial charge on any atom is 0.303 e. The fraction of sp³-hybridized carbons (Fsp3) is 0.370. The molecule has 9 heteroatoms. The monoisotopic (exact) mass is 508 g/mol. The molecule has 4 rings (SSSR count). The highest BCUT2D eigenvalue weighted by Crippen LogP contribution is 2.37. The lowest BCUT2D eigenvalue weighted by molar-refractivity contribution is -0.136. The van der Waals surface area contributed by atoms with Gasteiger partial charge in [0.1, 0.15) is 12.1 Å². The molecule has 0 aliphatic carbocycles. The molecule has 0 saturated carbocycles. The number of hydrogen-bond donors (Lipinski definition) is 2. The van der Waals surface area contributed by atoms with Crippen LogP contribution in [-0.4, -0.2) is 59.3 Å². The molecule has 2 aromatic carbocycles. The van der Waals surface area contributed by atoms with E-state index in [0.717, 1.165) is 57.6 Å². The van der Waals surface area contributed by atoms with Gasteiger partial charge in [-0.15, -0.1) is 11.3 Å². The van der Waals surface area contributed by atoms with E-state index in [1.807, 2.05) is 30.3 Å². The summed E-state index contributed by atoms with van der Waals surface area (Å²) < 4.78 is 12.8. The number of fused-ring (bicyclic) bond motifs is 2. The molecule has 190 valence electrons. The van der Waals surface area contributed by atoms with Crippen LogP contribution in [0.1, 0.15) is 31.6 Å². The number of aryl methyl sites for hydroxylation is 1. The van der Waals surface area contributed by atoms with Crippen molar-refractivity contribution in [2.75, 3.05) is 38.7 Å². The molecule has 0 radical (unpaired) electrons. The summed E-state index contributed by atoms with van der Waals surface area (Å²) in [5, 5.41) is 14.4. The van der Waals surface area contributed by atoms with Crippen LogP contribution in [0.25, 0.3) is 21.0 Å². The van der Waals surface area contributed by atoms with E-state index in [1.54, 1.807) is 18.4 Å². The maximum absolute atomic E-state index is 11.0. The molecule has 2 aromatic heterocycles. The molecule has 8 nitrogen and oxygen atoms in total. The Morgan fingerprint density at radius 1 is 1.11 bits per heavy atom. The van der Waals surface area contributed by atoms with E-state index in [-0.39, 0.29) is 6.42 Å². The summed E-state index contributed by atoms with van der Waals surface area (Å²) in [5.74, 6) is 1.17. The highest BCUT2D eigenvalue weighted by atomic mass is 32.1. The van der Waals surface area contributed by atoms with Gasteiger partial charge in [0, 0.05) is 38.6 Å². The number of hydrogen-bond acceptors (Lipinski definition) is 8. The van der Waals surface area contributed by atoms with E-state index >= 15 is 0 Å². The molecule has 2 N–H and O–H groups in total. The van der Waals surface area contributed by atoms with Crippen LogP contribution in [0.5, 0.6) is 11.5 Å². The van der Waals surface area contributed by atoms with Crippen molar-refractivity contribution in [3.8, 4) is 11.5 Å². The van der Waals surface area contributed by atoms with Crippen LogP contribution in [0.2, 0.25) is 0 Å². The van der Waals surface area contributed by atoms with Crippen molar-refractivity contribution in [3.63, 3.8) is 0 Å². The molecule has 0 aliphatic heterocycles. The average Bonchev–Trinajstić information content (AvgIpc) is 3.31. The Morgan fingerprint density at radius 3 is 2.69 bits per heavy atom. The number of benzene rings is 2. The predicted octanol–water partition coefficient (Wildman–Crippen LogP) is 5.72. The summed E-state index contributed by atoms with van der Waals surface area (Å²) in [6.45, 7) is 7.96. The van der Waals surface area contributed by atoms with Crippen molar-refractivity contribution < 1.29 is 19.4 Å². The van der Waals surface area contributed by atoms with Crippen LogP contribution in [0.15, 0.2) is 42.7 Å². The molecule has 0 aliphatic rings. The van der Waals surface area contributed by atoms with Crippen molar-refractivity contribution in [1.82, 2.24) is 14.9 Å². The second kappa shape index (κ2) is 12.0. The Hall–Kier alpha value is -3.43. The number of ether oxygens (including phenoxy) is 2. The normalized spacial score (nSPS) is 11.3. The van der Waals surface area contributed by atoms with Crippen LogP contribution in [0.4, 0.5) is 11.5 Å². The summed E-state index contributed by atoms with van der Waals surface area (Å²) in [5.41, 5.74) is 1.65.